The molecular formula is C22H27F3N2O. The van der Waals surface area contributed by atoms with Crippen LogP contribution in [0.5, 0.6) is 0 Å². The van der Waals surface area contributed by atoms with E-state index in [-0.39, 0.29) is 24.3 Å². The second kappa shape index (κ2) is 10.5. The van der Waals surface area contributed by atoms with Gasteiger partial charge < -0.3 is 11.1 Å². The van der Waals surface area contributed by atoms with Gasteiger partial charge in [0.2, 0.25) is 0 Å². The molecule has 0 unspecified atom stereocenters. The van der Waals surface area contributed by atoms with Crippen LogP contribution in [0.4, 0.5) is 18.9 Å². The van der Waals surface area contributed by atoms with E-state index in [0.29, 0.717) is 23.4 Å². The summed E-state index contributed by atoms with van der Waals surface area (Å²) < 4.78 is 39.8. The fourth-order valence-electron chi connectivity index (χ4n) is 2.57. The summed E-state index contributed by atoms with van der Waals surface area (Å²) in [6.45, 7) is 9.00. The Balaban J connectivity index is 3.40. The molecule has 152 valence electrons. The van der Waals surface area contributed by atoms with Crippen LogP contribution in [0.3, 0.4) is 0 Å². The van der Waals surface area contributed by atoms with Crippen LogP contribution in [-0.4, -0.2) is 12.0 Å². The van der Waals surface area contributed by atoms with Gasteiger partial charge >= 0.3 is 6.18 Å². The van der Waals surface area contributed by atoms with E-state index in [1.807, 2.05) is 19.1 Å². The molecule has 0 saturated heterocycles. The Morgan fingerprint density at radius 3 is 2.46 bits per heavy atom. The van der Waals surface area contributed by atoms with Crippen LogP contribution >= 0.6 is 0 Å². The molecule has 0 bridgehead atoms. The van der Waals surface area contributed by atoms with Crippen molar-refractivity contribution in [3.63, 3.8) is 0 Å². The Morgan fingerprint density at radius 1 is 1.29 bits per heavy atom. The number of alkyl halides is 3. The molecule has 0 radical (unpaired) electrons. The first-order valence-corrected chi connectivity index (χ1v) is 9.14. The number of carbonyl (C=O) groups excluding carboxylic acids is 1. The lowest BCUT2D eigenvalue weighted by molar-refractivity contribution is -0.115. The molecule has 3 nitrogen and oxygen atoms in total. The molecule has 0 saturated carbocycles. The monoisotopic (exact) mass is 392 g/mol. The third-order valence-electron chi connectivity index (χ3n) is 3.85. The quantitative estimate of drug-likeness (QED) is 0.388. The molecular weight excluding hydrogens is 365 g/mol. The molecule has 28 heavy (non-hydrogen) atoms. The van der Waals surface area contributed by atoms with Gasteiger partial charge in [-0.15, -0.1) is 0 Å². The number of rotatable bonds is 9. The van der Waals surface area contributed by atoms with Gasteiger partial charge in [0.1, 0.15) is 0 Å². The summed E-state index contributed by atoms with van der Waals surface area (Å²) in [5.41, 5.74) is 7.13. The van der Waals surface area contributed by atoms with Crippen molar-refractivity contribution >= 4 is 23.2 Å². The molecule has 0 atom stereocenters. The number of nitrogens with two attached hydrogens (primary N) is 1. The molecule has 0 aromatic heterocycles. The van der Waals surface area contributed by atoms with E-state index in [9.17, 15) is 18.0 Å². The molecule has 0 aliphatic carbocycles. The zero-order valence-corrected chi connectivity index (χ0v) is 16.5. The van der Waals surface area contributed by atoms with Crippen molar-refractivity contribution in [2.45, 2.75) is 46.2 Å². The molecule has 0 aliphatic rings. The van der Waals surface area contributed by atoms with Gasteiger partial charge in [-0.25, -0.2) is 0 Å². The SMILES string of the molecule is C=C(N)c1cc(N/C(=C\C(=C\CC)C(F)(F)F)C(=O)CCC)ccc1/C=C\C. The fourth-order valence-corrected chi connectivity index (χ4v) is 2.57. The molecule has 1 aromatic rings. The summed E-state index contributed by atoms with van der Waals surface area (Å²) in [4.78, 5) is 12.4. The summed E-state index contributed by atoms with van der Waals surface area (Å²) in [5, 5.41) is 2.84. The van der Waals surface area contributed by atoms with E-state index in [0.717, 1.165) is 17.7 Å². The van der Waals surface area contributed by atoms with Crippen LogP contribution in [0.15, 0.2) is 54.3 Å². The normalized spacial score (nSPS) is 13.1. The molecule has 1 aromatic carbocycles. The maximum absolute atomic E-state index is 13.3. The summed E-state index contributed by atoms with van der Waals surface area (Å²) in [6, 6.07) is 5.12. The average Bonchev–Trinajstić information content (AvgIpc) is 2.61. The molecule has 0 spiro atoms. The van der Waals surface area contributed by atoms with Crippen LogP contribution in [-0.2, 0) is 4.79 Å². The lowest BCUT2D eigenvalue weighted by Crippen LogP contribution is -2.16. The second-order valence-electron chi connectivity index (χ2n) is 6.25. The highest BCUT2D eigenvalue weighted by atomic mass is 19.4. The predicted octanol–water partition coefficient (Wildman–Crippen LogP) is 6.21. The molecule has 0 heterocycles. The van der Waals surface area contributed by atoms with Crippen molar-refractivity contribution in [3.05, 3.63) is 65.4 Å². The number of hydrogen-bond donors (Lipinski definition) is 2. The molecule has 0 fully saturated rings. The molecule has 1 rings (SSSR count). The van der Waals surface area contributed by atoms with Gasteiger partial charge in [-0.3, -0.25) is 4.79 Å². The lowest BCUT2D eigenvalue weighted by Gasteiger charge is -2.15. The van der Waals surface area contributed by atoms with Crippen molar-refractivity contribution in [2.24, 2.45) is 5.73 Å². The van der Waals surface area contributed by atoms with E-state index in [2.05, 4.69) is 11.9 Å². The summed E-state index contributed by atoms with van der Waals surface area (Å²) in [7, 11) is 0. The van der Waals surface area contributed by atoms with E-state index < -0.39 is 11.7 Å². The number of benzene rings is 1. The van der Waals surface area contributed by atoms with E-state index >= 15 is 0 Å². The predicted molar refractivity (Wildman–Crippen MR) is 110 cm³/mol. The second-order valence-corrected chi connectivity index (χ2v) is 6.25. The Labute approximate surface area is 164 Å². The van der Waals surface area contributed by atoms with Crippen LogP contribution < -0.4 is 11.1 Å². The Hall–Kier alpha value is -2.76. The molecule has 0 aliphatic heterocycles. The average molecular weight is 392 g/mol. The van der Waals surface area contributed by atoms with Crippen molar-refractivity contribution in [2.75, 3.05) is 5.32 Å². The van der Waals surface area contributed by atoms with Gasteiger partial charge in [-0.1, -0.05) is 44.7 Å². The number of halogens is 3. The zero-order chi connectivity index (χ0) is 21.3. The third kappa shape index (κ3) is 6.76. The number of Topliss-reactive ketones (excluding diaryl/α,β-unsaturated/α-hetero) is 1. The molecule has 0 amide bonds. The zero-order valence-electron chi connectivity index (χ0n) is 16.5. The maximum Gasteiger partial charge on any atom is 0.416 e. The van der Waals surface area contributed by atoms with E-state index in [1.54, 1.807) is 32.0 Å². The minimum Gasteiger partial charge on any atom is -0.399 e. The first-order chi connectivity index (χ1) is 13.1. The van der Waals surface area contributed by atoms with E-state index in [4.69, 9.17) is 5.73 Å². The number of nitrogens with one attached hydrogen (secondary N) is 1. The highest BCUT2D eigenvalue weighted by Crippen LogP contribution is 2.29. The van der Waals surface area contributed by atoms with Gasteiger partial charge in [0.05, 0.1) is 11.3 Å². The first kappa shape index (κ1) is 23.3. The number of ketones is 1. The Kier molecular flexibility index (Phi) is 8.76. The van der Waals surface area contributed by atoms with Gasteiger partial charge in [-0.05, 0) is 43.5 Å². The third-order valence-corrected chi connectivity index (χ3v) is 3.85. The smallest absolute Gasteiger partial charge is 0.399 e. The van der Waals surface area contributed by atoms with Crippen molar-refractivity contribution in [3.8, 4) is 0 Å². The largest absolute Gasteiger partial charge is 0.416 e. The topological polar surface area (TPSA) is 55.1 Å². The van der Waals surface area contributed by atoms with Crippen molar-refractivity contribution in [1.29, 1.82) is 0 Å². The van der Waals surface area contributed by atoms with Gasteiger partial charge in [-0.2, -0.15) is 13.2 Å². The Morgan fingerprint density at radius 2 is 1.96 bits per heavy atom. The lowest BCUT2D eigenvalue weighted by atomic mass is 10.0. The maximum atomic E-state index is 13.3. The van der Waals surface area contributed by atoms with Gasteiger partial charge in [0, 0.05) is 23.4 Å². The number of allylic oxidation sites excluding steroid dienone is 5. The van der Waals surface area contributed by atoms with Gasteiger partial charge in [0.25, 0.3) is 0 Å². The fraction of sp³-hybridized carbons (Fsp3) is 0.318. The van der Waals surface area contributed by atoms with E-state index in [1.165, 1.54) is 0 Å². The van der Waals surface area contributed by atoms with Crippen molar-refractivity contribution in [1.82, 2.24) is 0 Å². The van der Waals surface area contributed by atoms with Gasteiger partial charge in [0.15, 0.2) is 5.78 Å². The summed E-state index contributed by atoms with van der Waals surface area (Å²) in [6.07, 6.45) is 1.96. The number of carbonyl (C=O) groups is 1. The van der Waals surface area contributed by atoms with Crippen LogP contribution in [0.25, 0.3) is 11.8 Å². The minimum absolute atomic E-state index is 0.105. The summed E-state index contributed by atoms with van der Waals surface area (Å²) in [5.74, 6) is -0.389. The highest BCUT2D eigenvalue weighted by molar-refractivity contribution is 5.98. The van der Waals surface area contributed by atoms with Crippen molar-refractivity contribution < 1.29 is 18.0 Å². The number of anilines is 1. The van der Waals surface area contributed by atoms with Crippen LogP contribution in [0.2, 0.25) is 0 Å². The molecule has 6 heteroatoms. The highest BCUT2D eigenvalue weighted by Gasteiger charge is 2.32. The molecule has 3 N–H and O–H groups in total. The van der Waals surface area contributed by atoms with Crippen LogP contribution in [0, 0.1) is 0 Å². The Bertz CT molecular complexity index is 802. The summed E-state index contributed by atoms with van der Waals surface area (Å²) >= 11 is 0. The number of hydrogen-bond acceptors (Lipinski definition) is 3. The standard InChI is InChI=1S/C22H27F3N2O/c1-5-8-16-11-12-18(14-19(16)15(4)26)27-20(21(28)10-7-3)13-17(9-6-2)22(23,24)25/h5,8-9,11-14,27H,4,6-7,10,26H2,1-3H3/b8-5-,17-9-,20-13-. The minimum atomic E-state index is -4.54. The van der Waals surface area contributed by atoms with Crippen LogP contribution in [0.1, 0.15) is 51.2 Å². The first-order valence-electron chi connectivity index (χ1n) is 9.14.